The first kappa shape index (κ1) is 26.1. The summed E-state index contributed by atoms with van der Waals surface area (Å²) in [4.78, 5) is 43.8. The number of carbonyl (C=O) groups excluding carboxylic acids is 3. The molecule has 1 heterocycles. The number of likely N-dealkylation sites (N-methyl/N-ethyl adjacent to an activating group) is 1. The minimum atomic E-state index is -0.484. The predicted octanol–water partition coefficient (Wildman–Crippen LogP) is 4.39. The lowest BCUT2D eigenvalue weighted by atomic mass is 10.0. The van der Waals surface area contributed by atoms with E-state index in [1.165, 1.54) is 0 Å². The molecule has 0 saturated heterocycles. The van der Waals surface area contributed by atoms with E-state index in [4.69, 9.17) is 11.0 Å². The van der Waals surface area contributed by atoms with E-state index in [1.54, 1.807) is 59.0 Å². The Kier molecular flexibility index (Phi) is 7.25. The van der Waals surface area contributed by atoms with Crippen molar-refractivity contribution in [3.8, 4) is 6.07 Å². The molecule has 3 amide bonds. The molecular weight excluding hydrogens is 504 g/mol. The molecule has 9 heteroatoms. The molecule has 0 bridgehead atoms. The molecule has 3 N–H and O–H groups in total. The first-order valence-electron chi connectivity index (χ1n) is 12.7. The van der Waals surface area contributed by atoms with Gasteiger partial charge >= 0.3 is 0 Å². The summed E-state index contributed by atoms with van der Waals surface area (Å²) in [6.07, 6.45) is 0.287. The summed E-state index contributed by atoms with van der Waals surface area (Å²) in [7, 11) is 1.71. The van der Waals surface area contributed by atoms with Crippen LogP contribution in [0, 0.1) is 11.3 Å². The monoisotopic (exact) mass is 530 g/mol. The average molecular weight is 531 g/mol. The molecule has 9 nitrogen and oxygen atoms in total. The Morgan fingerprint density at radius 2 is 1.73 bits per heavy atom. The Morgan fingerprint density at radius 1 is 0.975 bits per heavy atom. The minimum absolute atomic E-state index is 0.0527. The van der Waals surface area contributed by atoms with Crippen LogP contribution < -0.4 is 16.0 Å². The highest BCUT2D eigenvalue weighted by Gasteiger charge is 2.18. The van der Waals surface area contributed by atoms with Gasteiger partial charge in [-0.3, -0.25) is 19.7 Å². The number of nitrogens with one attached hydrogen (secondary N) is 1. The first-order chi connectivity index (χ1) is 19.3. The second-order valence-corrected chi connectivity index (χ2v) is 9.43. The SMILES string of the molecule is CN(C(=O)Cc1ccc2ccccc2c1)c1ccc2c(c1)nc(NC(=O)c1ccc(C#N)cc1)n2CCC(N)=O. The summed E-state index contributed by atoms with van der Waals surface area (Å²) >= 11 is 0. The fraction of sp³-hybridized carbons (Fsp3) is 0.129. The van der Waals surface area contributed by atoms with Gasteiger partial charge in [-0.25, -0.2) is 4.98 Å². The van der Waals surface area contributed by atoms with E-state index in [2.05, 4.69) is 10.3 Å². The molecule has 40 heavy (non-hydrogen) atoms. The fourth-order valence-electron chi connectivity index (χ4n) is 4.53. The van der Waals surface area contributed by atoms with Gasteiger partial charge in [0.05, 0.1) is 29.1 Å². The van der Waals surface area contributed by atoms with Crippen molar-refractivity contribution in [3.05, 3.63) is 102 Å². The molecule has 1 aromatic heterocycles. The van der Waals surface area contributed by atoms with Gasteiger partial charge in [0.25, 0.3) is 5.91 Å². The van der Waals surface area contributed by atoms with Crippen LogP contribution in [0.5, 0.6) is 0 Å². The van der Waals surface area contributed by atoms with Crippen molar-refractivity contribution >= 4 is 51.2 Å². The maximum atomic E-state index is 13.2. The molecule has 0 saturated carbocycles. The number of nitrogens with zero attached hydrogens (tertiary/aromatic N) is 4. The average Bonchev–Trinajstić information content (AvgIpc) is 3.31. The van der Waals surface area contributed by atoms with Crippen LogP contribution in [-0.4, -0.2) is 34.3 Å². The zero-order chi connectivity index (χ0) is 28.2. The van der Waals surface area contributed by atoms with Crippen molar-refractivity contribution in [2.24, 2.45) is 5.73 Å². The van der Waals surface area contributed by atoms with Crippen molar-refractivity contribution in [2.45, 2.75) is 19.4 Å². The van der Waals surface area contributed by atoms with Gasteiger partial charge in [-0.1, -0.05) is 42.5 Å². The minimum Gasteiger partial charge on any atom is -0.370 e. The number of amides is 3. The molecule has 198 valence electrons. The number of fused-ring (bicyclic) bond motifs is 2. The van der Waals surface area contributed by atoms with Crippen LogP contribution in [0.2, 0.25) is 0 Å². The Bertz CT molecular complexity index is 1800. The Balaban J connectivity index is 1.40. The van der Waals surface area contributed by atoms with Crippen LogP contribution in [0.4, 0.5) is 11.6 Å². The maximum Gasteiger partial charge on any atom is 0.257 e. The van der Waals surface area contributed by atoms with Crippen LogP contribution in [0.15, 0.2) is 84.9 Å². The lowest BCUT2D eigenvalue weighted by molar-refractivity contribution is -0.118. The second kappa shape index (κ2) is 11.1. The number of hydrogen-bond acceptors (Lipinski definition) is 5. The lowest BCUT2D eigenvalue weighted by Gasteiger charge is -2.18. The third-order valence-electron chi connectivity index (χ3n) is 6.75. The van der Waals surface area contributed by atoms with E-state index >= 15 is 0 Å². The number of rotatable bonds is 8. The number of carbonyl (C=O) groups is 3. The van der Waals surface area contributed by atoms with Crippen molar-refractivity contribution in [3.63, 3.8) is 0 Å². The molecule has 0 aliphatic heterocycles. The van der Waals surface area contributed by atoms with Gasteiger partial charge in [-0.15, -0.1) is 0 Å². The van der Waals surface area contributed by atoms with Gasteiger partial charge in [0.2, 0.25) is 17.8 Å². The molecule has 0 spiro atoms. The fourth-order valence-corrected chi connectivity index (χ4v) is 4.53. The highest BCUT2D eigenvalue weighted by Crippen LogP contribution is 2.26. The standard InChI is InChI=1S/C31H26N6O3/c1-36(29(39)17-21-8-9-22-4-2-3-5-24(22)16-21)25-12-13-27-26(18-25)34-31(37(27)15-14-28(33)38)35-30(40)23-10-6-20(19-32)7-11-23/h2-13,16,18H,14-15,17H2,1H3,(H2,33,38)(H,34,35,40). The van der Waals surface area contributed by atoms with Crippen LogP contribution in [0.25, 0.3) is 21.8 Å². The van der Waals surface area contributed by atoms with Crippen molar-refractivity contribution in [1.29, 1.82) is 5.26 Å². The van der Waals surface area contributed by atoms with Crippen LogP contribution in [-0.2, 0) is 22.6 Å². The highest BCUT2D eigenvalue weighted by molar-refractivity contribution is 6.04. The predicted molar refractivity (Wildman–Crippen MR) is 154 cm³/mol. The maximum absolute atomic E-state index is 13.2. The van der Waals surface area contributed by atoms with Gasteiger partial charge in [0.15, 0.2) is 0 Å². The van der Waals surface area contributed by atoms with Crippen molar-refractivity contribution in [2.75, 3.05) is 17.3 Å². The normalized spacial score (nSPS) is 10.8. The van der Waals surface area contributed by atoms with E-state index in [-0.39, 0.29) is 31.2 Å². The van der Waals surface area contributed by atoms with Crippen LogP contribution in [0.1, 0.15) is 27.9 Å². The van der Waals surface area contributed by atoms with Crippen LogP contribution >= 0.6 is 0 Å². The van der Waals surface area contributed by atoms with E-state index in [9.17, 15) is 14.4 Å². The molecule has 4 aromatic carbocycles. The van der Waals surface area contributed by atoms with Gasteiger partial charge in [-0.05, 0) is 58.8 Å². The zero-order valence-corrected chi connectivity index (χ0v) is 21.8. The summed E-state index contributed by atoms with van der Waals surface area (Å²) in [5.74, 6) is -0.741. The number of anilines is 2. The summed E-state index contributed by atoms with van der Waals surface area (Å²) in [6.45, 7) is 0.213. The number of benzene rings is 4. The first-order valence-corrected chi connectivity index (χ1v) is 12.7. The highest BCUT2D eigenvalue weighted by atomic mass is 16.2. The third-order valence-corrected chi connectivity index (χ3v) is 6.75. The van der Waals surface area contributed by atoms with Crippen LogP contribution in [0.3, 0.4) is 0 Å². The van der Waals surface area contributed by atoms with Gasteiger partial charge in [0, 0.05) is 31.3 Å². The number of aryl methyl sites for hydroxylation is 1. The number of nitriles is 1. The number of aromatic nitrogens is 2. The number of primary amides is 1. The Labute approximate surface area is 230 Å². The molecule has 0 aliphatic rings. The number of hydrogen-bond donors (Lipinski definition) is 2. The van der Waals surface area contributed by atoms with E-state index < -0.39 is 11.8 Å². The summed E-state index contributed by atoms with van der Waals surface area (Å²) in [6, 6.07) is 27.6. The van der Waals surface area contributed by atoms with E-state index in [0.717, 1.165) is 16.3 Å². The molecule has 0 unspecified atom stereocenters. The Hall–Kier alpha value is -5.49. The van der Waals surface area contributed by atoms with Crippen molar-refractivity contribution < 1.29 is 14.4 Å². The third kappa shape index (κ3) is 5.51. The molecule has 0 fully saturated rings. The lowest BCUT2D eigenvalue weighted by Crippen LogP contribution is -2.27. The van der Waals surface area contributed by atoms with Gasteiger partial charge in [0.1, 0.15) is 0 Å². The number of imidazole rings is 1. The Morgan fingerprint density at radius 3 is 2.45 bits per heavy atom. The molecular formula is C31H26N6O3. The quantitative estimate of drug-likeness (QED) is 0.307. The van der Waals surface area contributed by atoms with E-state index in [0.29, 0.717) is 27.8 Å². The molecule has 0 radical (unpaired) electrons. The zero-order valence-electron chi connectivity index (χ0n) is 21.8. The molecule has 5 aromatic rings. The summed E-state index contributed by atoms with van der Waals surface area (Å²) in [5, 5.41) is 14.0. The topological polar surface area (TPSA) is 134 Å². The van der Waals surface area contributed by atoms with Gasteiger partial charge < -0.3 is 15.2 Å². The smallest absolute Gasteiger partial charge is 0.257 e. The summed E-state index contributed by atoms with van der Waals surface area (Å²) in [5.41, 5.74) is 8.96. The number of nitrogens with two attached hydrogens (primary N) is 1. The molecule has 5 rings (SSSR count). The van der Waals surface area contributed by atoms with E-state index in [1.807, 2.05) is 48.5 Å². The van der Waals surface area contributed by atoms with Gasteiger partial charge in [-0.2, -0.15) is 5.26 Å². The largest absolute Gasteiger partial charge is 0.370 e. The molecule has 0 aliphatic carbocycles. The molecule has 0 atom stereocenters. The van der Waals surface area contributed by atoms with Crippen molar-refractivity contribution in [1.82, 2.24) is 9.55 Å². The second-order valence-electron chi connectivity index (χ2n) is 9.43. The summed E-state index contributed by atoms with van der Waals surface area (Å²) < 4.78 is 1.71.